The molecule has 1 heterocycles. The van der Waals surface area contributed by atoms with Gasteiger partial charge in [-0.25, -0.2) is 4.39 Å². The Morgan fingerprint density at radius 1 is 1.26 bits per heavy atom. The van der Waals surface area contributed by atoms with Crippen molar-refractivity contribution in [1.29, 1.82) is 0 Å². The number of hydrogen-bond donors (Lipinski definition) is 1. The zero-order valence-corrected chi connectivity index (χ0v) is 13.4. The minimum atomic E-state index is -0.414. The predicted molar refractivity (Wildman–Crippen MR) is 88.0 cm³/mol. The van der Waals surface area contributed by atoms with E-state index in [-0.39, 0.29) is 18.3 Å². The van der Waals surface area contributed by atoms with Gasteiger partial charge >= 0.3 is 0 Å². The molecule has 6 heteroatoms. The van der Waals surface area contributed by atoms with Crippen molar-refractivity contribution in [3.05, 3.63) is 63.9 Å². The lowest BCUT2D eigenvalue weighted by Crippen LogP contribution is -2.25. The van der Waals surface area contributed by atoms with Gasteiger partial charge < -0.3 is 10.1 Å². The first kappa shape index (κ1) is 15.4. The van der Waals surface area contributed by atoms with E-state index in [0.29, 0.717) is 22.6 Å². The van der Waals surface area contributed by atoms with Crippen LogP contribution in [-0.2, 0) is 4.79 Å². The Labute approximate surface area is 140 Å². The Balaban J connectivity index is 1.83. The zero-order chi connectivity index (χ0) is 16.4. The van der Waals surface area contributed by atoms with Crippen molar-refractivity contribution in [2.45, 2.75) is 0 Å². The highest BCUT2D eigenvalue weighted by Gasteiger charge is 2.17. The number of amides is 1. The number of rotatable bonds is 3. The lowest BCUT2D eigenvalue weighted by atomic mass is 10.1. The molecule has 0 fully saturated rings. The molecule has 0 saturated carbocycles. The molecular weight excluding hydrogens is 365 g/mol. The first-order chi connectivity index (χ1) is 11.0. The van der Waals surface area contributed by atoms with Gasteiger partial charge in [-0.05, 0) is 48.6 Å². The third-order valence-electron chi connectivity index (χ3n) is 3.27. The van der Waals surface area contributed by atoms with E-state index in [9.17, 15) is 14.0 Å². The van der Waals surface area contributed by atoms with Gasteiger partial charge in [-0.2, -0.15) is 0 Å². The number of ketones is 1. The Morgan fingerprint density at radius 2 is 2.09 bits per heavy atom. The van der Waals surface area contributed by atoms with E-state index >= 15 is 0 Å². The molecule has 23 heavy (non-hydrogen) atoms. The second kappa shape index (κ2) is 6.34. The third-order valence-corrected chi connectivity index (χ3v) is 3.76. The highest BCUT2D eigenvalue weighted by atomic mass is 79.9. The van der Waals surface area contributed by atoms with Crippen molar-refractivity contribution < 1.29 is 18.7 Å². The summed E-state index contributed by atoms with van der Waals surface area (Å²) < 4.78 is 19.6. The van der Waals surface area contributed by atoms with Crippen LogP contribution in [0, 0.1) is 5.82 Å². The molecule has 1 amide bonds. The molecule has 0 bridgehead atoms. The Morgan fingerprint density at radius 3 is 2.91 bits per heavy atom. The molecule has 0 aromatic heterocycles. The van der Waals surface area contributed by atoms with Crippen molar-refractivity contribution in [2.24, 2.45) is 0 Å². The van der Waals surface area contributed by atoms with E-state index in [4.69, 9.17) is 4.74 Å². The molecular formula is C17H11BrFNO3. The van der Waals surface area contributed by atoms with Gasteiger partial charge in [0.05, 0.1) is 5.69 Å². The Bertz CT molecular complexity index is 833. The molecule has 2 aromatic carbocycles. The molecule has 2 aromatic rings. The summed E-state index contributed by atoms with van der Waals surface area (Å²) in [5, 5.41) is 2.64. The second-order valence-corrected chi connectivity index (χ2v) is 5.83. The van der Waals surface area contributed by atoms with Crippen molar-refractivity contribution in [1.82, 2.24) is 0 Å². The minimum Gasteiger partial charge on any atom is -0.482 e. The fraction of sp³-hybridized carbons (Fsp3) is 0.0588. The highest BCUT2D eigenvalue weighted by Crippen LogP contribution is 2.28. The van der Waals surface area contributed by atoms with Gasteiger partial charge in [0.15, 0.2) is 12.4 Å². The van der Waals surface area contributed by atoms with Gasteiger partial charge in [0.2, 0.25) is 0 Å². The number of fused-ring (bicyclic) bond motifs is 1. The summed E-state index contributed by atoms with van der Waals surface area (Å²) in [6.45, 7) is -0.0393. The number of ether oxygens (including phenoxy) is 1. The number of nitrogens with one attached hydrogen (secondary N) is 1. The maximum atomic E-state index is 13.6. The van der Waals surface area contributed by atoms with Crippen LogP contribution in [0.4, 0.5) is 10.1 Å². The van der Waals surface area contributed by atoms with Gasteiger partial charge in [0, 0.05) is 15.6 Å². The molecule has 0 atom stereocenters. The number of anilines is 1. The van der Waals surface area contributed by atoms with E-state index < -0.39 is 5.82 Å². The van der Waals surface area contributed by atoms with Gasteiger partial charge in [-0.3, -0.25) is 9.59 Å². The summed E-state index contributed by atoms with van der Waals surface area (Å²) in [5.41, 5.74) is 1.14. The molecule has 0 aliphatic carbocycles. The molecule has 4 nitrogen and oxygen atoms in total. The molecule has 0 radical (unpaired) electrons. The lowest BCUT2D eigenvalue weighted by molar-refractivity contribution is -0.118. The standard InChI is InChI=1S/C17H11BrFNO3/c18-12-3-4-13(19)10(7-12)1-5-15(21)11-2-6-16-14(8-11)20-17(22)9-23-16/h1-8H,9H2,(H,20,22)/b5-1+. The summed E-state index contributed by atoms with van der Waals surface area (Å²) in [5.74, 6) is -0.465. The summed E-state index contributed by atoms with van der Waals surface area (Å²) >= 11 is 3.26. The molecule has 3 rings (SSSR count). The van der Waals surface area contributed by atoms with E-state index in [1.54, 1.807) is 24.3 Å². The fourth-order valence-electron chi connectivity index (χ4n) is 2.14. The number of carbonyl (C=O) groups excluding carboxylic acids is 2. The van der Waals surface area contributed by atoms with Crippen molar-refractivity contribution in [3.8, 4) is 5.75 Å². The van der Waals surface area contributed by atoms with Crippen LogP contribution in [0.2, 0.25) is 0 Å². The van der Waals surface area contributed by atoms with Crippen LogP contribution in [0.5, 0.6) is 5.75 Å². The van der Waals surface area contributed by atoms with Crippen LogP contribution in [0.1, 0.15) is 15.9 Å². The third kappa shape index (κ3) is 3.48. The van der Waals surface area contributed by atoms with Crippen LogP contribution < -0.4 is 10.1 Å². The van der Waals surface area contributed by atoms with Crippen LogP contribution in [0.25, 0.3) is 6.08 Å². The Kier molecular flexibility index (Phi) is 4.25. The maximum Gasteiger partial charge on any atom is 0.262 e. The van der Waals surface area contributed by atoms with E-state index in [1.807, 2.05) is 0 Å². The van der Waals surface area contributed by atoms with E-state index in [2.05, 4.69) is 21.2 Å². The number of benzene rings is 2. The van der Waals surface area contributed by atoms with Gasteiger partial charge in [-0.15, -0.1) is 0 Å². The zero-order valence-electron chi connectivity index (χ0n) is 11.8. The van der Waals surface area contributed by atoms with Gasteiger partial charge in [0.1, 0.15) is 11.6 Å². The van der Waals surface area contributed by atoms with E-state index in [1.165, 1.54) is 24.3 Å². The largest absolute Gasteiger partial charge is 0.482 e. The monoisotopic (exact) mass is 375 g/mol. The second-order valence-electron chi connectivity index (χ2n) is 4.91. The first-order valence-corrected chi connectivity index (χ1v) is 7.56. The molecule has 1 aliphatic heterocycles. The smallest absolute Gasteiger partial charge is 0.262 e. The molecule has 0 spiro atoms. The summed E-state index contributed by atoms with van der Waals surface area (Å²) in [7, 11) is 0. The normalized spacial score (nSPS) is 13.4. The van der Waals surface area contributed by atoms with Crippen LogP contribution in [0.3, 0.4) is 0 Å². The fourth-order valence-corrected chi connectivity index (χ4v) is 2.52. The van der Waals surface area contributed by atoms with Crippen LogP contribution >= 0.6 is 15.9 Å². The summed E-state index contributed by atoms with van der Waals surface area (Å²) in [6, 6.07) is 9.24. The van der Waals surface area contributed by atoms with E-state index in [0.717, 1.165) is 4.47 Å². The molecule has 0 unspecified atom stereocenters. The Hall–Kier alpha value is -2.47. The maximum absolute atomic E-state index is 13.6. The molecule has 1 aliphatic rings. The van der Waals surface area contributed by atoms with Gasteiger partial charge in [0.25, 0.3) is 5.91 Å². The van der Waals surface area contributed by atoms with Crippen LogP contribution in [0.15, 0.2) is 46.9 Å². The predicted octanol–water partition coefficient (Wildman–Crippen LogP) is 3.82. The number of hydrogen-bond acceptors (Lipinski definition) is 3. The van der Waals surface area contributed by atoms with Crippen molar-refractivity contribution in [2.75, 3.05) is 11.9 Å². The lowest BCUT2D eigenvalue weighted by Gasteiger charge is -2.17. The number of allylic oxidation sites excluding steroid dienone is 1. The summed E-state index contributed by atoms with van der Waals surface area (Å²) in [4.78, 5) is 23.5. The highest BCUT2D eigenvalue weighted by molar-refractivity contribution is 9.10. The molecule has 116 valence electrons. The average molecular weight is 376 g/mol. The van der Waals surface area contributed by atoms with Crippen molar-refractivity contribution >= 4 is 39.4 Å². The van der Waals surface area contributed by atoms with Crippen LogP contribution in [-0.4, -0.2) is 18.3 Å². The molecule has 1 N–H and O–H groups in total. The van der Waals surface area contributed by atoms with Crippen molar-refractivity contribution in [3.63, 3.8) is 0 Å². The first-order valence-electron chi connectivity index (χ1n) is 6.77. The SMILES string of the molecule is O=C1COc2ccc(C(=O)/C=C/c3cc(Br)ccc3F)cc2N1. The number of carbonyl (C=O) groups is 2. The minimum absolute atomic E-state index is 0.0393. The number of halogens is 2. The molecule has 0 saturated heterocycles. The topological polar surface area (TPSA) is 55.4 Å². The quantitative estimate of drug-likeness (QED) is 0.655. The summed E-state index contributed by atoms with van der Waals surface area (Å²) in [6.07, 6.45) is 2.70. The average Bonchev–Trinajstić information content (AvgIpc) is 2.54. The van der Waals surface area contributed by atoms with Gasteiger partial charge in [-0.1, -0.05) is 15.9 Å².